The van der Waals surface area contributed by atoms with E-state index in [1.54, 1.807) is 0 Å². The molecule has 1 aliphatic rings. The number of carbonyl (C=O) groups is 1. The lowest BCUT2D eigenvalue weighted by molar-refractivity contribution is 0.0297. The van der Waals surface area contributed by atoms with Crippen molar-refractivity contribution in [3.05, 3.63) is 42.1 Å². The van der Waals surface area contributed by atoms with Gasteiger partial charge in [0.15, 0.2) is 0 Å². The number of fused-ring (bicyclic) bond motifs is 1. The van der Waals surface area contributed by atoms with Crippen LogP contribution in [0, 0.1) is 0 Å². The van der Waals surface area contributed by atoms with Crippen LogP contribution in [-0.2, 0) is 11.8 Å². The van der Waals surface area contributed by atoms with Crippen LogP contribution < -0.4 is 0 Å². The third-order valence-electron chi connectivity index (χ3n) is 3.82. The average molecular weight is 270 g/mol. The number of benzene rings is 1. The zero-order chi connectivity index (χ0) is 14.1. The Labute approximate surface area is 118 Å². The fourth-order valence-corrected chi connectivity index (χ4v) is 2.75. The van der Waals surface area contributed by atoms with Crippen LogP contribution in [0.3, 0.4) is 0 Å². The number of rotatable bonds is 2. The highest BCUT2D eigenvalue weighted by molar-refractivity contribution is 6.00. The number of nitrogens with zero attached hydrogens (tertiary/aromatic N) is 2. The van der Waals surface area contributed by atoms with Crippen LogP contribution in [-0.4, -0.2) is 41.7 Å². The van der Waals surface area contributed by atoms with E-state index in [1.807, 2.05) is 46.9 Å². The number of hydrogen-bond donors (Lipinski definition) is 0. The molecule has 0 atom stereocenters. The number of para-hydroxylation sites is 1. The molecular weight excluding hydrogens is 252 g/mol. The summed E-state index contributed by atoms with van der Waals surface area (Å²) in [6, 6.07) is 7.99. The van der Waals surface area contributed by atoms with E-state index in [0.717, 1.165) is 22.2 Å². The third-order valence-corrected chi connectivity index (χ3v) is 3.82. The maximum absolute atomic E-state index is 12.6. The van der Waals surface area contributed by atoms with Gasteiger partial charge in [-0.05, 0) is 11.6 Å². The van der Waals surface area contributed by atoms with Gasteiger partial charge in [0.05, 0.1) is 18.7 Å². The van der Waals surface area contributed by atoms with Gasteiger partial charge < -0.3 is 14.2 Å². The van der Waals surface area contributed by atoms with Gasteiger partial charge in [-0.1, -0.05) is 30.9 Å². The van der Waals surface area contributed by atoms with Crippen LogP contribution in [0.15, 0.2) is 30.8 Å². The molecule has 0 bridgehead atoms. The first-order chi connectivity index (χ1) is 9.72. The molecule has 0 spiro atoms. The minimum Gasteiger partial charge on any atom is -0.378 e. The van der Waals surface area contributed by atoms with Crippen LogP contribution >= 0.6 is 0 Å². The molecule has 3 rings (SSSR count). The van der Waals surface area contributed by atoms with Crippen LogP contribution in [0.1, 0.15) is 16.1 Å². The van der Waals surface area contributed by atoms with Crippen molar-refractivity contribution in [1.82, 2.24) is 9.47 Å². The number of ether oxygens (including phenoxy) is 1. The van der Waals surface area contributed by atoms with Crippen LogP contribution in [0.25, 0.3) is 17.0 Å². The molecule has 0 saturated carbocycles. The number of aromatic nitrogens is 1. The van der Waals surface area contributed by atoms with Crippen molar-refractivity contribution in [2.45, 2.75) is 0 Å². The first-order valence-corrected chi connectivity index (χ1v) is 6.80. The SMILES string of the molecule is C=Cc1cccc2cc(C(=O)N3CCOCC3)n(C)c12. The Morgan fingerprint density at radius 3 is 2.80 bits per heavy atom. The maximum Gasteiger partial charge on any atom is 0.270 e. The van der Waals surface area contributed by atoms with Gasteiger partial charge in [0.2, 0.25) is 0 Å². The minimum absolute atomic E-state index is 0.0713. The molecular formula is C16H18N2O2. The first kappa shape index (κ1) is 12.9. The second kappa shape index (κ2) is 5.13. The first-order valence-electron chi connectivity index (χ1n) is 6.80. The van der Waals surface area contributed by atoms with Gasteiger partial charge in [0.25, 0.3) is 5.91 Å². The number of morpholine rings is 1. The fourth-order valence-electron chi connectivity index (χ4n) is 2.75. The van der Waals surface area contributed by atoms with Crippen molar-refractivity contribution in [2.24, 2.45) is 7.05 Å². The zero-order valence-corrected chi connectivity index (χ0v) is 11.6. The molecule has 0 radical (unpaired) electrons. The molecule has 104 valence electrons. The van der Waals surface area contributed by atoms with E-state index in [9.17, 15) is 4.79 Å². The Balaban J connectivity index is 2.05. The molecule has 1 aromatic heterocycles. The van der Waals surface area contributed by atoms with Gasteiger partial charge in [0, 0.05) is 25.5 Å². The molecule has 2 aromatic rings. The van der Waals surface area contributed by atoms with Gasteiger partial charge in [-0.15, -0.1) is 0 Å². The maximum atomic E-state index is 12.6. The zero-order valence-electron chi connectivity index (χ0n) is 11.6. The molecule has 1 aromatic carbocycles. The van der Waals surface area contributed by atoms with Gasteiger partial charge in [-0.3, -0.25) is 4.79 Å². The summed E-state index contributed by atoms with van der Waals surface area (Å²) >= 11 is 0. The molecule has 1 amide bonds. The Morgan fingerprint density at radius 2 is 2.10 bits per heavy atom. The van der Waals surface area contributed by atoms with Crippen LogP contribution in [0.4, 0.5) is 0 Å². The minimum atomic E-state index is 0.0713. The topological polar surface area (TPSA) is 34.5 Å². The molecule has 20 heavy (non-hydrogen) atoms. The van der Waals surface area contributed by atoms with Gasteiger partial charge in [-0.2, -0.15) is 0 Å². The van der Waals surface area contributed by atoms with E-state index >= 15 is 0 Å². The lowest BCUT2D eigenvalue weighted by Gasteiger charge is -2.26. The predicted molar refractivity (Wildman–Crippen MR) is 79.7 cm³/mol. The number of hydrogen-bond acceptors (Lipinski definition) is 2. The lowest BCUT2D eigenvalue weighted by Crippen LogP contribution is -2.41. The Morgan fingerprint density at radius 1 is 1.35 bits per heavy atom. The highest BCUT2D eigenvalue weighted by Crippen LogP contribution is 2.24. The van der Waals surface area contributed by atoms with Gasteiger partial charge in [0.1, 0.15) is 5.69 Å². The molecule has 1 aliphatic heterocycles. The summed E-state index contributed by atoms with van der Waals surface area (Å²) in [5.74, 6) is 0.0713. The highest BCUT2D eigenvalue weighted by atomic mass is 16.5. The van der Waals surface area contributed by atoms with E-state index in [-0.39, 0.29) is 5.91 Å². The quantitative estimate of drug-likeness (QED) is 0.839. The van der Waals surface area contributed by atoms with Crippen molar-refractivity contribution >= 4 is 22.9 Å². The molecule has 4 nitrogen and oxygen atoms in total. The lowest BCUT2D eigenvalue weighted by atomic mass is 10.1. The largest absolute Gasteiger partial charge is 0.378 e. The molecule has 0 unspecified atom stereocenters. The summed E-state index contributed by atoms with van der Waals surface area (Å²) in [4.78, 5) is 14.5. The van der Waals surface area contributed by atoms with Crippen molar-refractivity contribution in [3.8, 4) is 0 Å². The Hall–Kier alpha value is -2.07. The molecule has 2 heterocycles. The Kier molecular flexibility index (Phi) is 3.32. The second-order valence-corrected chi connectivity index (χ2v) is 4.98. The number of carbonyl (C=O) groups excluding carboxylic acids is 1. The fraction of sp³-hybridized carbons (Fsp3) is 0.312. The Bertz CT molecular complexity index is 666. The summed E-state index contributed by atoms with van der Waals surface area (Å²) in [6.45, 7) is 6.40. The standard InChI is InChI=1S/C16H18N2O2/c1-3-12-5-4-6-13-11-14(17(2)15(12)13)16(19)18-7-9-20-10-8-18/h3-6,11H,1,7-10H2,2H3. The van der Waals surface area contributed by atoms with Crippen molar-refractivity contribution in [1.29, 1.82) is 0 Å². The van der Waals surface area contributed by atoms with E-state index < -0.39 is 0 Å². The summed E-state index contributed by atoms with van der Waals surface area (Å²) in [7, 11) is 1.93. The van der Waals surface area contributed by atoms with E-state index in [2.05, 4.69) is 6.58 Å². The summed E-state index contributed by atoms with van der Waals surface area (Å²) in [5, 5.41) is 1.07. The summed E-state index contributed by atoms with van der Waals surface area (Å²) in [6.07, 6.45) is 1.82. The molecule has 4 heteroatoms. The smallest absolute Gasteiger partial charge is 0.270 e. The molecule has 0 N–H and O–H groups in total. The van der Waals surface area contributed by atoms with Crippen LogP contribution in [0.5, 0.6) is 0 Å². The average Bonchev–Trinajstić information content (AvgIpc) is 2.85. The van der Waals surface area contributed by atoms with Crippen molar-refractivity contribution in [2.75, 3.05) is 26.3 Å². The predicted octanol–water partition coefficient (Wildman–Crippen LogP) is 2.29. The molecule has 1 fully saturated rings. The normalized spacial score (nSPS) is 15.6. The highest BCUT2D eigenvalue weighted by Gasteiger charge is 2.22. The van der Waals surface area contributed by atoms with Crippen molar-refractivity contribution in [3.63, 3.8) is 0 Å². The monoisotopic (exact) mass is 270 g/mol. The van der Waals surface area contributed by atoms with Gasteiger partial charge in [-0.25, -0.2) is 0 Å². The van der Waals surface area contributed by atoms with E-state index in [4.69, 9.17) is 4.74 Å². The summed E-state index contributed by atoms with van der Waals surface area (Å²) < 4.78 is 7.26. The third kappa shape index (κ3) is 2.02. The van der Waals surface area contributed by atoms with Crippen molar-refractivity contribution < 1.29 is 9.53 Å². The van der Waals surface area contributed by atoms with Gasteiger partial charge >= 0.3 is 0 Å². The molecule has 1 saturated heterocycles. The molecule has 0 aliphatic carbocycles. The van der Waals surface area contributed by atoms with E-state index in [0.29, 0.717) is 26.3 Å². The second-order valence-electron chi connectivity index (χ2n) is 4.98. The number of amides is 1. The summed E-state index contributed by atoms with van der Waals surface area (Å²) in [5.41, 5.74) is 2.82. The van der Waals surface area contributed by atoms with Crippen LogP contribution in [0.2, 0.25) is 0 Å². The van der Waals surface area contributed by atoms with E-state index in [1.165, 1.54) is 0 Å². The number of aryl methyl sites for hydroxylation is 1.